The molecule has 0 saturated carbocycles. The minimum absolute atomic E-state index is 0.0120. The summed E-state index contributed by atoms with van der Waals surface area (Å²) >= 11 is 1.38. The highest BCUT2D eigenvalue weighted by atomic mass is 32.2. The molecule has 2 aromatic heterocycles. The Morgan fingerprint density at radius 3 is 2.62 bits per heavy atom. The highest BCUT2D eigenvalue weighted by Gasteiger charge is 2.31. The van der Waals surface area contributed by atoms with Gasteiger partial charge in [0.2, 0.25) is 0 Å². The van der Waals surface area contributed by atoms with Crippen LogP contribution in [-0.4, -0.2) is 50.8 Å². The predicted octanol–water partition coefficient (Wildman–Crippen LogP) is 4.03. The summed E-state index contributed by atoms with van der Waals surface area (Å²) in [4.78, 5) is 13.1. The highest BCUT2D eigenvalue weighted by molar-refractivity contribution is 7.99. The maximum Gasteiger partial charge on any atom is 0.191 e. The van der Waals surface area contributed by atoms with E-state index in [4.69, 9.17) is 0 Å². The highest BCUT2D eigenvalue weighted by Crippen LogP contribution is 2.30. The Morgan fingerprint density at radius 2 is 1.97 bits per heavy atom. The Hall–Kier alpha value is -2.39. The molecule has 1 fully saturated rings. The number of rotatable bonds is 7. The summed E-state index contributed by atoms with van der Waals surface area (Å²) in [7, 11) is -2.99. The zero-order chi connectivity index (χ0) is 23.0. The minimum Gasteiger partial charge on any atom is -0.344 e. The van der Waals surface area contributed by atoms with Crippen molar-refractivity contribution in [2.45, 2.75) is 51.9 Å². The second-order valence-electron chi connectivity index (χ2n) is 8.34. The molecule has 0 aliphatic carbocycles. The van der Waals surface area contributed by atoms with E-state index in [-0.39, 0.29) is 29.1 Å². The molecule has 3 aromatic rings. The molecule has 1 aliphatic rings. The van der Waals surface area contributed by atoms with Crippen LogP contribution in [0.1, 0.15) is 46.7 Å². The van der Waals surface area contributed by atoms with Gasteiger partial charge in [0.05, 0.1) is 17.3 Å². The van der Waals surface area contributed by atoms with Crippen molar-refractivity contribution in [1.82, 2.24) is 19.3 Å². The van der Waals surface area contributed by atoms with Gasteiger partial charge in [0.25, 0.3) is 0 Å². The lowest BCUT2D eigenvalue weighted by atomic mass is 10.1. The Bertz CT molecular complexity index is 1270. The first-order valence-electron chi connectivity index (χ1n) is 10.7. The smallest absolute Gasteiger partial charge is 0.191 e. The fourth-order valence-corrected chi connectivity index (χ4v) is 7.07. The van der Waals surface area contributed by atoms with E-state index in [1.165, 1.54) is 11.8 Å². The summed E-state index contributed by atoms with van der Waals surface area (Å²) in [5.41, 5.74) is 4.58. The Labute approximate surface area is 193 Å². The van der Waals surface area contributed by atoms with Gasteiger partial charge in [-0.05, 0) is 46.2 Å². The average molecular weight is 473 g/mol. The quantitative estimate of drug-likeness (QED) is 0.381. The van der Waals surface area contributed by atoms with E-state index in [1.807, 2.05) is 61.1 Å². The fourth-order valence-electron chi connectivity index (χ4n) is 4.49. The maximum absolute atomic E-state index is 13.1. The van der Waals surface area contributed by atoms with E-state index in [9.17, 15) is 13.2 Å². The van der Waals surface area contributed by atoms with Crippen LogP contribution in [0.15, 0.2) is 35.5 Å². The van der Waals surface area contributed by atoms with Crippen LogP contribution < -0.4 is 0 Å². The molecule has 0 bridgehead atoms. The number of carbonyl (C=O) groups excluding carboxylic acids is 1. The second kappa shape index (κ2) is 8.86. The second-order valence-corrected chi connectivity index (χ2v) is 11.5. The number of benzene rings is 1. The molecular weight excluding hydrogens is 444 g/mol. The Balaban J connectivity index is 1.52. The molecule has 7 nitrogen and oxygen atoms in total. The van der Waals surface area contributed by atoms with Crippen LogP contribution >= 0.6 is 11.8 Å². The molecule has 32 heavy (non-hydrogen) atoms. The van der Waals surface area contributed by atoms with Gasteiger partial charge in [0.1, 0.15) is 0 Å². The standard InChI is InChI=1S/C23H28N4O3S2/c1-5-26-22(18-8-6-7-15(2)11-18)24-25-23(26)31-13-21(28)20-12-16(3)27(17(20)4)19-9-10-32(29,30)14-19/h6-8,11-12,19H,5,9-10,13-14H2,1-4H3. The number of ketones is 1. The predicted molar refractivity (Wildman–Crippen MR) is 127 cm³/mol. The molecule has 0 radical (unpaired) electrons. The molecule has 9 heteroatoms. The molecule has 1 atom stereocenters. The summed E-state index contributed by atoms with van der Waals surface area (Å²) in [5.74, 6) is 1.42. The van der Waals surface area contributed by atoms with E-state index in [2.05, 4.69) is 16.3 Å². The summed E-state index contributed by atoms with van der Waals surface area (Å²) in [5, 5.41) is 9.42. The number of aryl methyl sites for hydroxylation is 2. The van der Waals surface area contributed by atoms with E-state index in [1.54, 1.807) is 0 Å². The molecule has 3 heterocycles. The zero-order valence-corrected chi connectivity index (χ0v) is 20.5. The molecule has 1 unspecified atom stereocenters. The monoisotopic (exact) mass is 472 g/mol. The van der Waals surface area contributed by atoms with Crippen molar-refractivity contribution in [3.63, 3.8) is 0 Å². The summed E-state index contributed by atoms with van der Waals surface area (Å²) in [6, 6.07) is 9.93. The third-order valence-electron chi connectivity index (χ3n) is 6.00. The van der Waals surface area contributed by atoms with E-state index >= 15 is 0 Å². The van der Waals surface area contributed by atoms with Crippen LogP contribution in [0.2, 0.25) is 0 Å². The SMILES string of the molecule is CCn1c(SCC(=O)c2cc(C)n(C3CCS(=O)(=O)C3)c2C)nnc1-c1cccc(C)c1. The van der Waals surface area contributed by atoms with Crippen LogP contribution in [0.5, 0.6) is 0 Å². The number of sulfone groups is 1. The lowest BCUT2D eigenvalue weighted by Crippen LogP contribution is -2.14. The third-order valence-corrected chi connectivity index (χ3v) is 8.72. The molecule has 0 spiro atoms. The van der Waals surface area contributed by atoms with Crippen molar-refractivity contribution < 1.29 is 13.2 Å². The van der Waals surface area contributed by atoms with E-state index in [0.29, 0.717) is 23.7 Å². The van der Waals surface area contributed by atoms with Crippen molar-refractivity contribution in [2.24, 2.45) is 0 Å². The maximum atomic E-state index is 13.1. The van der Waals surface area contributed by atoms with Crippen molar-refractivity contribution in [2.75, 3.05) is 17.3 Å². The molecule has 0 amide bonds. The molecule has 1 saturated heterocycles. The van der Waals surface area contributed by atoms with Crippen LogP contribution in [0, 0.1) is 20.8 Å². The molecule has 0 N–H and O–H groups in total. The van der Waals surface area contributed by atoms with Gasteiger partial charge in [-0.15, -0.1) is 10.2 Å². The van der Waals surface area contributed by atoms with Gasteiger partial charge >= 0.3 is 0 Å². The molecule has 4 rings (SSSR count). The van der Waals surface area contributed by atoms with E-state index in [0.717, 1.165) is 28.3 Å². The molecule has 170 valence electrons. The van der Waals surface area contributed by atoms with Gasteiger partial charge in [-0.3, -0.25) is 4.79 Å². The number of aromatic nitrogens is 4. The van der Waals surface area contributed by atoms with Gasteiger partial charge in [0.15, 0.2) is 26.6 Å². The van der Waals surface area contributed by atoms with Crippen molar-refractivity contribution in [3.8, 4) is 11.4 Å². The number of thioether (sulfide) groups is 1. The van der Waals surface area contributed by atoms with Crippen LogP contribution in [0.3, 0.4) is 0 Å². The lowest BCUT2D eigenvalue weighted by molar-refractivity contribution is 0.102. The van der Waals surface area contributed by atoms with Gasteiger partial charge < -0.3 is 9.13 Å². The number of hydrogen-bond acceptors (Lipinski definition) is 6. The van der Waals surface area contributed by atoms with Crippen molar-refractivity contribution in [3.05, 3.63) is 52.8 Å². The van der Waals surface area contributed by atoms with Crippen molar-refractivity contribution >= 4 is 27.4 Å². The first-order valence-corrected chi connectivity index (χ1v) is 13.6. The zero-order valence-electron chi connectivity index (χ0n) is 18.8. The number of hydrogen-bond donors (Lipinski definition) is 0. The Morgan fingerprint density at radius 1 is 1.19 bits per heavy atom. The van der Waals surface area contributed by atoms with Gasteiger partial charge in [-0.2, -0.15) is 0 Å². The Kier molecular flexibility index (Phi) is 6.31. The molecule has 1 aliphatic heterocycles. The van der Waals surface area contributed by atoms with Gasteiger partial charge in [-0.25, -0.2) is 8.42 Å². The summed E-state index contributed by atoms with van der Waals surface area (Å²) < 4.78 is 27.9. The molecule has 1 aromatic carbocycles. The summed E-state index contributed by atoms with van der Waals surface area (Å²) in [6.07, 6.45) is 0.600. The van der Waals surface area contributed by atoms with Crippen LogP contribution in [0.4, 0.5) is 0 Å². The normalized spacial score (nSPS) is 17.7. The van der Waals surface area contributed by atoms with Crippen LogP contribution in [-0.2, 0) is 16.4 Å². The molecular formula is C23H28N4O3S2. The van der Waals surface area contributed by atoms with E-state index < -0.39 is 9.84 Å². The lowest BCUT2D eigenvalue weighted by Gasteiger charge is -2.16. The van der Waals surface area contributed by atoms with Gasteiger partial charge in [-0.1, -0.05) is 35.5 Å². The first kappa shape index (κ1) is 22.8. The number of carbonyl (C=O) groups is 1. The van der Waals surface area contributed by atoms with Crippen LogP contribution in [0.25, 0.3) is 11.4 Å². The third kappa shape index (κ3) is 4.41. The average Bonchev–Trinajstić information content (AvgIpc) is 3.40. The fraction of sp³-hybridized carbons (Fsp3) is 0.435. The topological polar surface area (TPSA) is 86.9 Å². The minimum atomic E-state index is -2.99. The number of nitrogens with zero attached hydrogens (tertiary/aromatic N) is 4. The van der Waals surface area contributed by atoms with Crippen molar-refractivity contribution in [1.29, 1.82) is 0 Å². The number of Topliss-reactive ketones (excluding diaryl/α,β-unsaturated/α-hetero) is 1. The largest absolute Gasteiger partial charge is 0.344 e. The first-order chi connectivity index (χ1) is 15.2. The van der Waals surface area contributed by atoms with Gasteiger partial charge in [0, 0.05) is 35.1 Å². The summed E-state index contributed by atoms with van der Waals surface area (Å²) in [6.45, 7) is 8.63.